The largest absolute Gasteiger partial charge is 0.497 e. The van der Waals surface area contributed by atoms with Crippen LogP contribution in [0, 0.1) is 10.1 Å². The first-order chi connectivity index (χ1) is 12.5. The van der Waals surface area contributed by atoms with E-state index in [1.807, 2.05) is 18.2 Å². The number of carbonyl (C=O) groups is 1. The van der Waals surface area contributed by atoms with Crippen LogP contribution in [0.1, 0.15) is 5.56 Å². The van der Waals surface area contributed by atoms with E-state index in [4.69, 9.17) is 4.74 Å². The molecule has 0 atom stereocenters. The molecule has 1 aromatic heterocycles. The molecule has 0 fully saturated rings. The molecule has 3 rings (SSSR count). The van der Waals surface area contributed by atoms with Crippen LogP contribution < -0.4 is 10.1 Å². The number of ether oxygens (including phenoxy) is 1. The van der Waals surface area contributed by atoms with E-state index in [2.05, 4.69) is 10.3 Å². The van der Waals surface area contributed by atoms with Gasteiger partial charge in [-0.25, -0.2) is 4.98 Å². The number of anilines is 1. The molecular formula is C18H15N3O4S. The topological polar surface area (TPSA) is 94.4 Å². The summed E-state index contributed by atoms with van der Waals surface area (Å²) in [6.07, 6.45) is 0.197. The number of methoxy groups -OCH3 is 1. The van der Waals surface area contributed by atoms with Gasteiger partial charge in [0.25, 0.3) is 5.69 Å². The average molecular weight is 369 g/mol. The van der Waals surface area contributed by atoms with Crippen LogP contribution in [-0.4, -0.2) is 22.9 Å². The van der Waals surface area contributed by atoms with Gasteiger partial charge in [0.15, 0.2) is 5.13 Å². The number of nitrogens with zero attached hydrogens (tertiary/aromatic N) is 2. The molecule has 0 aliphatic rings. The second-order valence-electron chi connectivity index (χ2n) is 5.42. The molecule has 0 radical (unpaired) electrons. The molecule has 3 aromatic rings. The van der Waals surface area contributed by atoms with Crippen LogP contribution in [0.2, 0.25) is 0 Å². The van der Waals surface area contributed by atoms with Crippen LogP contribution in [0.5, 0.6) is 5.75 Å². The molecule has 0 aliphatic heterocycles. The Bertz CT molecular complexity index is 955. The smallest absolute Gasteiger partial charge is 0.270 e. The van der Waals surface area contributed by atoms with Crippen molar-refractivity contribution in [3.05, 3.63) is 69.6 Å². The highest BCUT2D eigenvalue weighted by atomic mass is 32.1. The van der Waals surface area contributed by atoms with Gasteiger partial charge in [-0.2, -0.15) is 0 Å². The van der Waals surface area contributed by atoms with Crippen molar-refractivity contribution >= 4 is 28.1 Å². The number of aromatic nitrogens is 1. The predicted molar refractivity (Wildman–Crippen MR) is 99.5 cm³/mol. The zero-order valence-electron chi connectivity index (χ0n) is 13.8. The van der Waals surface area contributed by atoms with Crippen molar-refractivity contribution in [2.24, 2.45) is 0 Å². The van der Waals surface area contributed by atoms with Crippen molar-refractivity contribution in [3.63, 3.8) is 0 Å². The summed E-state index contributed by atoms with van der Waals surface area (Å²) in [4.78, 5) is 27.0. The third kappa shape index (κ3) is 4.22. The molecule has 7 nitrogen and oxygen atoms in total. The Labute approximate surface area is 153 Å². The van der Waals surface area contributed by atoms with E-state index in [1.54, 1.807) is 30.7 Å². The van der Waals surface area contributed by atoms with Crippen LogP contribution >= 0.6 is 11.3 Å². The fraction of sp³-hybridized carbons (Fsp3) is 0.111. The Hall–Kier alpha value is -3.26. The number of nitrogens with one attached hydrogen (secondary N) is 1. The summed E-state index contributed by atoms with van der Waals surface area (Å²) in [5, 5.41) is 15.8. The summed E-state index contributed by atoms with van der Waals surface area (Å²) in [7, 11) is 1.57. The van der Waals surface area contributed by atoms with Crippen LogP contribution in [0.3, 0.4) is 0 Å². The summed E-state index contributed by atoms with van der Waals surface area (Å²) < 4.78 is 5.14. The third-order valence-corrected chi connectivity index (χ3v) is 4.36. The second-order valence-corrected chi connectivity index (χ2v) is 6.28. The van der Waals surface area contributed by atoms with E-state index in [1.165, 1.54) is 23.5 Å². The number of rotatable bonds is 6. The predicted octanol–water partition coefficient (Wildman–Crippen LogP) is 3.91. The van der Waals surface area contributed by atoms with Gasteiger partial charge in [0.2, 0.25) is 5.91 Å². The van der Waals surface area contributed by atoms with Crippen molar-refractivity contribution in [2.75, 3.05) is 12.4 Å². The number of carbonyl (C=O) groups excluding carboxylic acids is 1. The van der Waals surface area contributed by atoms with E-state index in [-0.39, 0.29) is 18.0 Å². The fourth-order valence-corrected chi connectivity index (χ4v) is 3.11. The van der Waals surface area contributed by atoms with Gasteiger partial charge < -0.3 is 10.1 Å². The van der Waals surface area contributed by atoms with Crippen LogP contribution in [0.25, 0.3) is 11.3 Å². The second kappa shape index (κ2) is 7.75. The Kier molecular flexibility index (Phi) is 5.23. The lowest BCUT2D eigenvalue weighted by molar-refractivity contribution is -0.384. The lowest BCUT2D eigenvalue weighted by Crippen LogP contribution is -2.14. The van der Waals surface area contributed by atoms with Gasteiger partial charge in [0.1, 0.15) is 5.75 Å². The molecule has 132 valence electrons. The Morgan fingerprint density at radius 3 is 2.85 bits per heavy atom. The number of nitro groups is 1. The molecule has 0 saturated carbocycles. The van der Waals surface area contributed by atoms with Gasteiger partial charge >= 0.3 is 0 Å². The minimum Gasteiger partial charge on any atom is -0.497 e. The van der Waals surface area contributed by atoms with Gasteiger partial charge in [0, 0.05) is 23.1 Å². The Morgan fingerprint density at radius 1 is 1.27 bits per heavy atom. The number of hydrogen-bond donors (Lipinski definition) is 1. The third-order valence-electron chi connectivity index (χ3n) is 3.60. The minimum absolute atomic E-state index is 0.000824. The van der Waals surface area contributed by atoms with Gasteiger partial charge in [-0.15, -0.1) is 11.3 Å². The number of amides is 1. The number of hydrogen-bond acceptors (Lipinski definition) is 6. The first kappa shape index (κ1) is 17.6. The van der Waals surface area contributed by atoms with Crippen molar-refractivity contribution < 1.29 is 14.5 Å². The molecular weight excluding hydrogens is 354 g/mol. The van der Waals surface area contributed by atoms with Gasteiger partial charge in [-0.05, 0) is 17.7 Å². The Balaban J connectivity index is 1.69. The van der Waals surface area contributed by atoms with Crippen molar-refractivity contribution in [3.8, 4) is 17.0 Å². The van der Waals surface area contributed by atoms with E-state index in [0.717, 1.165) is 5.56 Å². The van der Waals surface area contributed by atoms with Crippen LogP contribution in [0.15, 0.2) is 53.9 Å². The zero-order valence-corrected chi connectivity index (χ0v) is 14.7. The average Bonchev–Trinajstić information content (AvgIpc) is 3.10. The molecule has 0 aliphatic carbocycles. The summed E-state index contributed by atoms with van der Waals surface area (Å²) in [5.41, 5.74) is 2.04. The molecule has 0 spiro atoms. The van der Waals surface area contributed by atoms with Gasteiger partial charge in [0.05, 0.1) is 24.1 Å². The SMILES string of the molecule is COc1cccc(CC(=O)Nc2nc(-c3cccc([N+](=O)[O-])c3)cs2)c1. The maximum Gasteiger partial charge on any atom is 0.270 e. The molecule has 1 N–H and O–H groups in total. The summed E-state index contributed by atoms with van der Waals surface area (Å²) >= 11 is 1.27. The van der Waals surface area contributed by atoms with E-state index < -0.39 is 4.92 Å². The summed E-state index contributed by atoms with van der Waals surface area (Å²) in [5.74, 6) is 0.496. The number of thiazole rings is 1. The molecule has 0 bridgehead atoms. The van der Waals surface area contributed by atoms with E-state index >= 15 is 0 Å². The quantitative estimate of drug-likeness (QED) is 0.525. The lowest BCUT2D eigenvalue weighted by Gasteiger charge is -2.04. The van der Waals surface area contributed by atoms with Gasteiger partial charge in [-0.3, -0.25) is 14.9 Å². The molecule has 1 heterocycles. The first-order valence-electron chi connectivity index (χ1n) is 7.68. The minimum atomic E-state index is -0.452. The highest BCUT2D eigenvalue weighted by molar-refractivity contribution is 7.14. The molecule has 0 saturated heterocycles. The monoisotopic (exact) mass is 369 g/mol. The van der Waals surface area contributed by atoms with E-state index in [0.29, 0.717) is 22.1 Å². The van der Waals surface area contributed by atoms with Crippen LogP contribution in [0.4, 0.5) is 10.8 Å². The maximum absolute atomic E-state index is 12.2. The zero-order chi connectivity index (χ0) is 18.5. The fourth-order valence-electron chi connectivity index (χ4n) is 2.37. The molecule has 2 aromatic carbocycles. The maximum atomic E-state index is 12.2. The number of non-ortho nitro benzene ring substituents is 1. The van der Waals surface area contributed by atoms with Crippen molar-refractivity contribution in [1.82, 2.24) is 4.98 Å². The van der Waals surface area contributed by atoms with Crippen molar-refractivity contribution in [2.45, 2.75) is 6.42 Å². The Morgan fingerprint density at radius 2 is 2.08 bits per heavy atom. The standard InChI is InChI=1S/C18H15N3O4S/c1-25-15-7-2-4-12(8-15)9-17(22)20-18-19-16(11-26-18)13-5-3-6-14(10-13)21(23)24/h2-8,10-11H,9H2,1H3,(H,19,20,22). The van der Waals surface area contributed by atoms with Crippen LogP contribution in [-0.2, 0) is 11.2 Å². The van der Waals surface area contributed by atoms with Crippen molar-refractivity contribution in [1.29, 1.82) is 0 Å². The highest BCUT2D eigenvalue weighted by Gasteiger charge is 2.12. The lowest BCUT2D eigenvalue weighted by atomic mass is 10.1. The number of nitro benzene ring substituents is 1. The highest BCUT2D eigenvalue weighted by Crippen LogP contribution is 2.27. The van der Waals surface area contributed by atoms with Gasteiger partial charge in [-0.1, -0.05) is 24.3 Å². The molecule has 1 amide bonds. The summed E-state index contributed by atoms with van der Waals surface area (Å²) in [6.45, 7) is 0. The first-order valence-corrected chi connectivity index (χ1v) is 8.56. The van der Waals surface area contributed by atoms with E-state index in [9.17, 15) is 14.9 Å². The summed E-state index contributed by atoms with van der Waals surface area (Å²) in [6, 6.07) is 13.5. The molecule has 0 unspecified atom stereocenters. The normalized spacial score (nSPS) is 10.3. The molecule has 26 heavy (non-hydrogen) atoms. The number of benzene rings is 2. The molecule has 8 heteroatoms.